The first-order valence-electron chi connectivity index (χ1n) is 11.0. The van der Waals surface area contributed by atoms with Crippen LogP contribution in [0.1, 0.15) is 23.6 Å². The monoisotopic (exact) mass is 549 g/mol. The molecule has 0 heterocycles. The van der Waals surface area contributed by atoms with Crippen molar-refractivity contribution >= 4 is 54.6 Å². The van der Waals surface area contributed by atoms with E-state index in [1.807, 2.05) is 32.0 Å². The molecule has 0 bridgehead atoms. The number of benzene rings is 3. The maximum Gasteiger partial charge on any atom is 0.261 e. The number of hydrogen-bond acceptors (Lipinski definition) is 5. The summed E-state index contributed by atoms with van der Waals surface area (Å²) in [6, 6.07) is 14.8. The summed E-state index contributed by atoms with van der Waals surface area (Å²) in [5.74, 6) is -0.593. The van der Waals surface area contributed by atoms with E-state index in [4.69, 9.17) is 11.6 Å². The quantitative estimate of drug-likeness (QED) is 0.416. The highest BCUT2D eigenvalue weighted by Gasteiger charge is 2.30. The Bertz CT molecular complexity index is 1480. The van der Waals surface area contributed by atoms with Crippen LogP contribution in [0.15, 0.2) is 65.6 Å². The van der Waals surface area contributed by atoms with E-state index in [1.54, 1.807) is 19.1 Å². The number of sulfonamides is 2. The van der Waals surface area contributed by atoms with Gasteiger partial charge in [-0.05, 0) is 80.8 Å². The summed E-state index contributed by atoms with van der Waals surface area (Å²) in [6.45, 7) is 6.81. The molecular formula is C25H28ClN3O5S2. The number of amides is 1. The highest BCUT2D eigenvalue weighted by molar-refractivity contribution is 7.92. The molecule has 0 unspecified atom stereocenters. The Labute approximate surface area is 217 Å². The van der Waals surface area contributed by atoms with E-state index in [9.17, 15) is 21.6 Å². The topological polar surface area (TPSA) is 113 Å². The van der Waals surface area contributed by atoms with Crippen molar-refractivity contribution in [2.45, 2.75) is 38.6 Å². The lowest BCUT2D eigenvalue weighted by atomic mass is 10.1. The molecule has 2 N–H and O–H groups in total. The van der Waals surface area contributed by atoms with Crippen LogP contribution in [-0.2, 0) is 24.8 Å². The van der Waals surface area contributed by atoms with Gasteiger partial charge in [-0.2, -0.15) is 0 Å². The number of anilines is 3. The molecular weight excluding hydrogens is 522 g/mol. The third kappa shape index (κ3) is 6.18. The first kappa shape index (κ1) is 27.5. The van der Waals surface area contributed by atoms with Crippen molar-refractivity contribution in [1.29, 1.82) is 0 Å². The van der Waals surface area contributed by atoms with Crippen molar-refractivity contribution in [3.63, 3.8) is 0 Å². The SMILES string of the molecule is Cc1ccc(Cl)cc1N([C@H](C)C(=O)Nc1ccc(S(=O)(=O)Nc2c(C)cccc2C)cc1)S(C)(=O)=O. The Hall–Kier alpha value is -3.08. The van der Waals surface area contributed by atoms with Gasteiger partial charge < -0.3 is 5.32 Å². The predicted molar refractivity (Wildman–Crippen MR) is 145 cm³/mol. The van der Waals surface area contributed by atoms with Crippen LogP contribution in [0.25, 0.3) is 0 Å². The largest absolute Gasteiger partial charge is 0.324 e. The first-order valence-corrected chi connectivity index (χ1v) is 14.7. The number of para-hydroxylation sites is 1. The third-order valence-electron chi connectivity index (χ3n) is 5.65. The molecule has 0 aliphatic carbocycles. The molecule has 11 heteroatoms. The Kier molecular flexibility index (Phi) is 8.02. The molecule has 3 aromatic carbocycles. The third-order valence-corrected chi connectivity index (χ3v) is 8.48. The summed E-state index contributed by atoms with van der Waals surface area (Å²) in [4.78, 5) is 13.0. The molecule has 0 spiro atoms. The van der Waals surface area contributed by atoms with E-state index in [0.29, 0.717) is 27.6 Å². The number of rotatable bonds is 8. The molecule has 8 nitrogen and oxygen atoms in total. The molecule has 0 aliphatic heterocycles. The van der Waals surface area contributed by atoms with Gasteiger partial charge in [0.1, 0.15) is 6.04 Å². The van der Waals surface area contributed by atoms with Crippen LogP contribution >= 0.6 is 11.6 Å². The molecule has 0 saturated carbocycles. The highest BCUT2D eigenvalue weighted by atomic mass is 35.5. The van der Waals surface area contributed by atoms with Crippen molar-refractivity contribution in [3.05, 3.63) is 82.4 Å². The van der Waals surface area contributed by atoms with Gasteiger partial charge in [-0.15, -0.1) is 0 Å². The highest BCUT2D eigenvalue weighted by Crippen LogP contribution is 2.29. The lowest BCUT2D eigenvalue weighted by molar-refractivity contribution is -0.116. The fraction of sp³-hybridized carbons (Fsp3) is 0.240. The molecule has 192 valence electrons. The molecule has 1 atom stereocenters. The minimum atomic E-state index is -3.86. The number of nitrogens with zero attached hydrogens (tertiary/aromatic N) is 1. The number of carbonyl (C=O) groups excluding carboxylic acids is 1. The molecule has 0 radical (unpaired) electrons. The zero-order valence-electron chi connectivity index (χ0n) is 20.5. The number of carbonyl (C=O) groups is 1. The van der Waals surface area contributed by atoms with E-state index in [2.05, 4.69) is 10.0 Å². The van der Waals surface area contributed by atoms with Crippen molar-refractivity contribution in [3.8, 4) is 0 Å². The molecule has 36 heavy (non-hydrogen) atoms. The molecule has 0 aliphatic rings. The van der Waals surface area contributed by atoms with Gasteiger partial charge in [-0.1, -0.05) is 35.9 Å². The van der Waals surface area contributed by atoms with Gasteiger partial charge in [-0.3, -0.25) is 13.8 Å². The van der Waals surface area contributed by atoms with Crippen LogP contribution in [0.4, 0.5) is 17.1 Å². The summed E-state index contributed by atoms with van der Waals surface area (Å²) >= 11 is 6.07. The molecule has 0 fully saturated rings. The normalized spacial score (nSPS) is 12.6. The van der Waals surface area contributed by atoms with Gasteiger partial charge in [0.25, 0.3) is 10.0 Å². The zero-order chi connectivity index (χ0) is 26.8. The average Bonchev–Trinajstić information content (AvgIpc) is 2.78. The van der Waals surface area contributed by atoms with Crippen LogP contribution in [0.2, 0.25) is 5.02 Å². The molecule has 0 saturated heterocycles. The second kappa shape index (κ2) is 10.5. The fourth-order valence-electron chi connectivity index (χ4n) is 3.73. The fourth-order valence-corrected chi connectivity index (χ4v) is 6.33. The average molecular weight is 550 g/mol. The maximum absolute atomic E-state index is 13.0. The zero-order valence-corrected chi connectivity index (χ0v) is 22.9. The summed E-state index contributed by atoms with van der Waals surface area (Å²) in [5, 5.41) is 2.99. The van der Waals surface area contributed by atoms with Gasteiger partial charge in [0, 0.05) is 10.7 Å². The number of hydrogen-bond donors (Lipinski definition) is 2. The smallest absolute Gasteiger partial charge is 0.261 e. The minimum Gasteiger partial charge on any atom is -0.324 e. The van der Waals surface area contributed by atoms with Gasteiger partial charge in [-0.25, -0.2) is 16.8 Å². The first-order chi connectivity index (χ1) is 16.7. The summed E-state index contributed by atoms with van der Waals surface area (Å²) in [6.07, 6.45) is 1.01. The second-order valence-electron chi connectivity index (χ2n) is 8.55. The van der Waals surface area contributed by atoms with Crippen molar-refractivity contribution in [2.24, 2.45) is 0 Å². The Balaban J connectivity index is 1.81. The van der Waals surface area contributed by atoms with Gasteiger partial charge in [0.2, 0.25) is 15.9 Å². The predicted octanol–water partition coefficient (Wildman–Crippen LogP) is 4.86. The molecule has 0 aromatic heterocycles. The Morgan fingerprint density at radius 2 is 1.47 bits per heavy atom. The van der Waals surface area contributed by atoms with E-state index < -0.39 is 32.0 Å². The summed E-state index contributed by atoms with van der Waals surface area (Å²) in [7, 11) is -7.69. The summed E-state index contributed by atoms with van der Waals surface area (Å²) < 4.78 is 54.5. The van der Waals surface area contributed by atoms with Crippen LogP contribution in [0.3, 0.4) is 0 Å². The number of aryl methyl sites for hydroxylation is 3. The van der Waals surface area contributed by atoms with Crippen LogP contribution < -0.4 is 14.3 Å². The lowest BCUT2D eigenvalue weighted by Crippen LogP contribution is -2.45. The van der Waals surface area contributed by atoms with E-state index in [0.717, 1.165) is 21.7 Å². The standard InChI is InChI=1S/C25H28ClN3O5S2/c1-16-9-10-20(26)15-23(16)29(35(5,31)32)19(4)25(30)27-21-11-13-22(14-12-21)36(33,34)28-24-17(2)7-6-8-18(24)3/h6-15,19,28H,1-5H3,(H,27,30)/t19-/m1/s1. The molecule has 1 amide bonds. The van der Waals surface area contributed by atoms with Gasteiger partial charge >= 0.3 is 0 Å². The van der Waals surface area contributed by atoms with Crippen molar-refractivity contribution in [1.82, 2.24) is 0 Å². The summed E-state index contributed by atoms with van der Waals surface area (Å²) in [5.41, 5.74) is 3.35. The van der Waals surface area contributed by atoms with Crippen LogP contribution in [0.5, 0.6) is 0 Å². The number of nitrogens with one attached hydrogen (secondary N) is 2. The van der Waals surface area contributed by atoms with Gasteiger partial charge in [0.05, 0.1) is 22.5 Å². The van der Waals surface area contributed by atoms with E-state index in [-0.39, 0.29) is 4.90 Å². The lowest BCUT2D eigenvalue weighted by Gasteiger charge is -2.29. The van der Waals surface area contributed by atoms with Crippen molar-refractivity contribution < 1.29 is 21.6 Å². The molecule has 3 rings (SSSR count). The minimum absolute atomic E-state index is 0.0171. The Morgan fingerprint density at radius 3 is 2.03 bits per heavy atom. The van der Waals surface area contributed by atoms with Gasteiger partial charge in [0.15, 0.2) is 0 Å². The Morgan fingerprint density at radius 1 is 0.889 bits per heavy atom. The second-order valence-corrected chi connectivity index (χ2v) is 12.5. The molecule has 3 aromatic rings. The number of halogens is 1. The van der Waals surface area contributed by atoms with E-state index >= 15 is 0 Å². The maximum atomic E-state index is 13.0. The van der Waals surface area contributed by atoms with Crippen molar-refractivity contribution in [2.75, 3.05) is 20.6 Å². The van der Waals surface area contributed by atoms with Crippen LogP contribution in [0, 0.1) is 20.8 Å². The van der Waals surface area contributed by atoms with E-state index in [1.165, 1.54) is 37.3 Å². The van der Waals surface area contributed by atoms with Crippen LogP contribution in [-0.4, -0.2) is 35.0 Å².